The molecule has 1 aromatic rings. The molecular weight excluding hydrogens is 312 g/mol. The first-order chi connectivity index (χ1) is 10.1. The molecule has 22 heavy (non-hydrogen) atoms. The molecule has 120 valence electrons. The fourth-order valence-corrected chi connectivity index (χ4v) is 2.08. The lowest BCUT2D eigenvalue weighted by Crippen LogP contribution is -2.17. The third-order valence-electron chi connectivity index (χ3n) is 3.17. The summed E-state index contributed by atoms with van der Waals surface area (Å²) in [6.45, 7) is 0.403. The predicted octanol–water partition coefficient (Wildman–Crippen LogP) is 4.32. The van der Waals surface area contributed by atoms with Crippen molar-refractivity contribution >= 4 is 12.0 Å². The van der Waals surface area contributed by atoms with Crippen LogP contribution in [0.5, 0.6) is 0 Å². The lowest BCUT2D eigenvalue weighted by atomic mass is 10.0. The molecule has 0 saturated carbocycles. The van der Waals surface area contributed by atoms with Gasteiger partial charge >= 0.3 is 12.4 Å². The van der Waals surface area contributed by atoms with Crippen LogP contribution in [0.4, 0.5) is 26.3 Å². The van der Waals surface area contributed by atoms with Gasteiger partial charge in [0.1, 0.15) is 0 Å². The molecule has 0 atom stereocenters. The van der Waals surface area contributed by atoms with Crippen LogP contribution in [-0.2, 0) is 17.1 Å². The number of amides is 1. The maximum Gasteiger partial charge on any atom is 0.416 e. The number of alkyl halides is 6. The van der Waals surface area contributed by atoms with Gasteiger partial charge in [-0.3, -0.25) is 4.79 Å². The molecular formula is C14H11F6NO. The van der Waals surface area contributed by atoms with E-state index in [1.807, 2.05) is 0 Å². The van der Waals surface area contributed by atoms with E-state index in [-0.39, 0.29) is 17.5 Å². The number of hydrogen-bond acceptors (Lipinski definition) is 1. The number of rotatable bonds is 2. The highest BCUT2D eigenvalue weighted by atomic mass is 19.4. The molecule has 8 heteroatoms. The van der Waals surface area contributed by atoms with Gasteiger partial charge in [0.2, 0.25) is 5.91 Å². The van der Waals surface area contributed by atoms with Crippen molar-refractivity contribution in [3.63, 3.8) is 0 Å². The van der Waals surface area contributed by atoms with Gasteiger partial charge in [-0.25, -0.2) is 0 Å². The SMILES string of the molecule is O=C1CCCN1/C=C/c1cc(C(F)(F)F)cc(C(F)(F)F)c1. The van der Waals surface area contributed by atoms with Gasteiger partial charge < -0.3 is 4.90 Å². The molecule has 1 aliphatic rings. The van der Waals surface area contributed by atoms with Crippen molar-refractivity contribution in [2.24, 2.45) is 0 Å². The van der Waals surface area contributed by atoms with Crippen LogP contribution in [0, 0.1) is 0 Å². The molecule has 0 N–H and O–H groups in total. The molecule has 0 unspecified atom stereocenters. The molecule has 2 rings (SSSR count). The van der Waals surface area contributed by atoms with Crippen LogP contribution >= 0.6 is 0 Å². The summed E-state index contributed by atoms with van der Waals surface area (Å²) in [5.41, 5.74) is -3.02. The molecule has 0 spiro atoms. The van der Waals surface area contributed by atoms with Crippen LogP contribution in [0.15, 0.2) is 24.4 Å². The summed E-state index contributed by atoms with van der Waals surface area (Å²) in [6, 6.07) is 1.30. The number of halogens is 6. The van der Waals surface area contributed by atoms with Crippen molar-refractivity contribution in [1.82, 2.24) is 4.90 Å². The number of hydrogen-bond donors (Lipinski definition) is 0. The van der Waals surface area contributed by atoms with Crippen LogP contribution in [-0.4, -0.2) is 17.4 Å². The van der Waals surface area contributed by atoms with E-state index in [4.69, 9.17) is 0 Å². The van der Waals surface area contributed by atoms with E-state index in [9.17, 15) is 31.1 Å². The van der Waals surface area contributed by atoms with Crippen molar-refractivity contribution in [3.05, 3.63) is 41.1 Å². The van der Waals surface area contributed by atoms with Crippen LogP contribution in [0.2, 0.25) is 0 Å². The molecule has 1 aromatic carbocycles. The zero-order chi connectivity index (χ0) is 16.5. The number of benzene rings is 1. The Bertz CT molecular complexity index is 570. The van der Waals surface area contributed by atoms with Crippen LogP contribution in [0.25, 0.3) is 6.08 Å². The minimum Gasteiger partial charge on any atom is -0.319 e. The first-order valence-electron chi connectivity index (χ1n) is 6.34. The fourth-order valence-electron chi connectivity index (χ4n) is 2.08. The largest absolute Gasteiger partial charge is 0.416 e. The van der Waals surface area contributed by atoms with Crippen LogP contribution in [0.3, 0.4) is 0 Å². The molecule has 0 radical (unpaired) electrons. The van der Waals surface area contributed by atoms with Crippen molar-refractivity contribution < 1.29 is 31.1 Å². The maximum absolute atomic E-state index is 12.7. The summed E-state index contributed by atoms with van der Waals surface area (Å²) >= 11 is 0. The van der Waals surface area contributed by atoms with Crippen molar-refractivity contribution in [2.45, 2.75) is 25.2 Å². The van der Waals surface area contributed by atoms with Gasteiger partial charge in [0.15, 0.2) is 0 Å². The maximum atomic E-state index is 12.7. The van der Waals surface area contributed by atoms with Crippen LogP contribution in [0.1, 0.15) is 29.5 Å². The summed E-state index contributed by atoms with van der Waals surface area (Å²) in [5, 5.41) is 0. The molecule has 1 fully saturated rings. The van der Waals surface area contributed by atoms with Gasteiger partial charge in [-0.2, -0.15) is 26.3 Å². The summed E-state index contributed by atoms with van der Waals surface area (Å²) in [7, 11) is 0. The Morgan fingerprint density at radius 3 is 1.91 bits per heavy atom. The number of carbonyl (C=O) groups excluding carboxylic acids is 1. The topological polar surface area (TPSA) is 20.3 Å². The van der Waals surface area contributed by atoms with Gasteiger partial charge in [-0.05, 0) is 36.3 Å². The first-order valence-corrected chi connectivity index (χ1v) is 6.34. The molecule has 1 amide bonds. The second kappa shape index (κ2) is 5.66. The van der Waals surface area contributed by atoms with E-state index in [2.05, 4.69) is 0 Å². The Hall–Kier alpha value is -1.99. The first kappa shape index (κ1) is 16.4. The quantitative estimate of drug-likeness (QED) is 0.743. The summed E-state index contributed by atoms with van der Waals surface area (Å²) in [5.74, 6) is -0.209. The third kappa shape index (κ3) is 3.80. The van der Waals surface area contributed by atoms with Crippen molar-refractivity contribution in [1.29, 1.82) is 0 Å². The van der Waals surface area contributed by atoms with E-state index in [0.717, 1.165) is 6.08 Å². The Balaban J connectivity index is 2.38. The Morgan fingerprint density at radius 2 is 1.50 bits per heavy atom. The van der Waals surface area contributed by atoms with E-state index in [0.29, 0.717) is 31.5 Å². The highest BCUT2D eigenvalue weighted by Crippen LogP contribution is 2.36. The van der Waals surface area contributed by atoms with E-state index < -0.39 is 23.5 Å². The summed E-state index contributed by atoms with van der Waals surface area (Å²) in [4.78, 5) is 12.6. The third-order valence-corrected chi connectivity index (χ3v) is 3.17. The highest BCUT2D eigenvalue weighted by Gasteiger charge is 2.36. The lowest BCUT2D eigenvalue weighted by Gasteiger charge is -2.13. The second-order valence-corrected chi connectivity index (χ2v) is 4.85. The average molecular weight is 323 g/mol. The van der Waals surface area contributed by atoms with E-state index in [1.54, 1.807) is 0 Å². The normalized spacial score (nSPS) is 16.8. The van der Waals surface area contributed by atoms with Gasteiger partial charge in [-0.15, -0.1) is 0 Å². The Kier molecular flexibility index (Phi) is 4.21. The van der Waals surface area contributed by atoms with Gasteiger partial charge in [0, 0.05) is 19.2 Å². The Morgan fingerprint density at radius 1 is 0.955 bits per heavy atom. The minimum absolute atomic E-state index is 0.0678. The number of nitrogens with zero attached hydrogens (tertiary/aromatic N) is 1. The number of likely N-dealkylation sites (tertiary alicyclic amines) is 1. The van der Waals surface area contributed by atoms with Gasteiger partial charge in [0.25, 0.3) is 0 Å². The molecule has 1 aliphatic heterocycles. The van der Waals surface area contributed by atoms with Gasteiger partial charge in [0.05, 0.1) is 11.1 Å². The average Bonchev–Trinajstić information content (AvgIpc) is 2.79. The summed E-state index contributed by atoms with van der Waals surface area (Å²) in [6.07, 6.45) is -6.54. The molecule has 0 aliphatic carbocycles. The van der Waals surface area contributed by atoms with E-state index in [1.165, 1.54) is 11.1 Å². The fraction of sp³-hybridized carbons (Fsp3) is 0.357. The zero-order valence-electron chi connectivity index (χ0n) is 11.1. The van der Waals surface area contributed by atoms with Crippen LogP contribution < -0.4 is 0 Å². The monoisotopic (exact) mass is 323 g/mol. The van der Waals surface area contributed by atoms with Gasteiger partial charge in [-0.1, -0.05) is 0 Å². The zero-order valence-corrected chi connectivity index (χ0v) is 11.1. The standard InChI is InChI=1S/C14H11F6NO/c15-13(16,17)10-6-9(7-11(8-10)14(18,19)20)3-5-21-4-1-2-12(21)22/h3,5-8H,1-2,4H2/b5-3+. The predicted molar refractivity (Wildman–Crippen MR) is 66.4 cm³/mol. The smallest absolute Gasteiger partial charge is 0.319 e. The summed E-state index contributed by atoms with van der Waals surface area (Å²) < 4.78 is 76.1. The molecule has 0 aromatic heterocycles. The molecule has 1 saturated heterocycles. The second-order valence-electron chi connectivity index (χ2n) is 4.85. The van der Waals surface area contributed by atoms with E-state index >= 15 is 0 Å². The molecule has 0 bridgehead atoms. The van der Waals surface area contributed by atoms with Crippen molar-refractivity contribution in [3.8, 4) is 0 Å². The Labute approximate surface area is 122 Å². The minimum atomic E-state index is -4.88. The highest BCUT2D eigenvalue weighted by molar-refractivity contribution is 5.80. The lowest BCUT2D eigenvalue weighted by molar-refractivity contribution is -0.143. The molecule has 1 heterocycles. The van der Waals surface area contributed by atoms with Crippen molar-refractivity contribution in [2.75, 3.05) is 6.54 Å². The number of carbonyl (C=O) groups is 1. The molecule has 2 nitrogen and oxygen atoms in total.